The van der Waals surface area contributed by atoms with Crippen LogP contribution < -0.4 is 10.6 Å². The summed E-state index contributed by atoms with van der Waals surface area (Å²) in [4.78, 5) is 0. The highest BCUT2D eigenvalue weighted by Gasteiger charge is 2.22. The van der Waals surface area contributed by atoms with E-state index in [1.54, 1.807) is 0 Å². The molecule has 2 rings (SSSR count). The van der Waals surface area contributed by atoms with E-state index >= 15 is 0 Å². The lowest BCUT2D eigenvalue weighted by Crippen LogP contribution is -2.39. The third-order valence-electron chi connectivity index (χ3n) is 2.43. The molecule has 1 aliphatic carbocycles. The van der Waals surface area contributed by atoms with Crippen molar-refractivity contribution in [2.45, 2.75) is 37.0 Å². The van der Waals surface area contributed by atoms with Crippen LogP contribution in [0.1, 0.15) is 25.7 Å². The molecular formula is C9H16N2S2. The molecule has 0 bridgehead atoms. The van der Waals surface area contributed by atoms with Crippen LogP contribution in [0.5, 0.6) is 0 Å². The minimum atomic E-state index is 0.677. The van der Waals surface area contributed by atoms with Gasteiger partial charge in [0, 0.05) is 17.8 Å². The summed E-state index contributed by atoms with van der Waals surface area (Å²) in [7, 11) is 0. The van der Waals surface area contributed by atoms with Crippen molar-refractivity contribution in [1.82, 2.24) is 10.6 Å². The summed E-state index contributed by atoms with van der Waals surface area (Å²) < 4.78 is 0. The van der Waals surface area contributed by atoms with Crippen molar-refractivity contribution in [1.29, 1.82) is 0 Å². The van der Waals surface area contributed by atoms with Crippen LogP contribution in [0.4, 0.5) is 0 Å². The molecule has 1 saturated carbocycles. The van der Waals surface area contributed by atoms with Crippen LogP contribution in [-0.2, 0) is 0 Å². The van der Waals surface area contributed by atoms with Gasteiger partial charge in [0.1, 0.15) is 0 Å². The minimum absolute atomic E-state index is 0.677. The molecule has 0 aromatic rings. The highest BCUT2D eigenvalue weighted by Crippen LogP contribution is 2.25. The van der Waals surface area contributed by atoms with E-state index in [-0.39, 0.29) is 0 Å². The van der Waals surface area contributed by atoms with Crippen LogP contribution in [-0.4, -0.2) is 28.7 Å². The zero-order valence-corrected chi connectivity index (χ0v) is 9.35. The van der Waals surface area contributed by atoms with Crippen LogP contribution >= 0.6 is 24.0 Å². The summed E-state index contributed by atoms with van der Waals surface area (Å²) in [6.45, 7) is 1.04. The number of rotatable bonds is 3. The molecule has 2 fully saturated rings. The molecule has 2 nitrogen and oxygen atoms in total. The molecule has 2 aliphatic rings. The predicted molar refractivity (Wildman–Crippen MR) is 62.2 cm³/mol. The Morgan fingerprint density at radius 2 is 2.23 bits per heavy atom. The van der Waals surface area contributed by atoms with Crippen molar-refractivity contribution in [2.24, 2.45) is 0 Å². The third-order valence-corrected chi connectivity index (χ3v) is 4.09. The Bertz CT molecular complexity index is 186. The first-order valence-corrected chi connectivity index (χ1v) is 6.46. The van der Waals surface area contributed by atoms with Gasteiger partial charge in [0.05, 0.1) is 0 Å². The smallest absolute Gasteiger partial charge is 0.166 e. The van der Waals surface area contributed by atoms with Gasteiger partial charge in [-0.1, -0.05) is 0 Å². The average Bonchev–Trinajstić information content (AvgIpc) is 2.78. The highest BCUT2D eigenvalue weighted by molar-refractivity contribution is 8.00. The van der Waals surface area contributed by atoms with Gasteiger partial charge in [0.2, 0.25) is 0 Å². The third kappa shape index (κ3) is 3.35. The van der Waals surface area contributed by atoms with Gasteiger partial charge in [-0.15, -0.1) is 0 Å². The van der Waals surface area contributed by atoms with E-state index in [4.69, 9.17) is 12.2 Å². The van der Waals surface area contributed by atoms with Crippen molar-refractivity contribution in [3.05, 3.63) is 0 Å². The molecule has 0 radical (unpaired) electrons. The normalized spacial score (nSPS) is 27.2. The zero-order valence-electron chi connectivity index (χ0n) is 7.71. The Kier molecular flexibility index (Phi) is 3.33. The fourth-order valence-electron chi connectivity index (χ4n) is 1.48. The van der Waals surface area contributed by atoms with Gasteiger partial charge in [0.25, 0.3) is 0 Å². The Morgan fingerprint density at radius 1 is 1.38 bits per heavy atom. The van der Waals surface area contributed by atoms with Gasteiger partial charge < -0.3 is 10.6 Å². The van der Waals surface area contributed by atoms with E-state index in [1.165, 1.54) is 31.4 Å². The van der Waals surface area contributed by atoms with Crippen LogP contribution in [0, 0.1) is 0 Å². The van der Waals surface area contributed by atoms with E-state index in [1.807, 2.05) is 0 Å². The number of hydrogen-bond acceptors (Lipinski definition) is 2. The maximum atomic E-state index is 5.17. The average molecular weight is 216 g/mol. The molecule has 0 amide bonds. The zero-order chi connectivity index (χ0) is 9.10. The highest BCUT2D eigenvalue weighted by atomic mass is 32.2. The molecule has 0 spiro atoms. The van der Waals surface area contributed by atoms with Gasteiger partial charge in [-0.25, -0.2) is 0 Å². The lowest BCUT2D eigenvalue weighted by atomic mass is 10.2. The molecule has 2 N–H and O–H groups in total. The first-order chi connectivity index (χ1) is 6.34. The lowest BCUT2D eigenvalue weighted by molar-refractivity contribution is 0.734. The van der Waals surface area contributed by atoms with E-state index in [2.05, 4.69) is 22.4 Å². The van der Waals surface area contributed by atoms with E-state index in [0.717, 1.165) is 16.9 Å². The van der Waals surface area contributed by atoms with Crippen molar-refractivity contribution in [3.63, 3.8) is 0 Å². The Hall–Kier alpha value is 0.0400. The van der Waals surface area contributed by atoms with Crippen molar-refractivity contribution >= 4 is 29.1 Å². The Balaban J connectivity index is 1.57. The first-order valence-electron chi connectivity index (χ1n) is 5.00. The summed E-state index contributed by atoms with van der Waals surface area (Å²) in [5, 5.41) is 8.23. The number of thioether (sulfide) groups is 1. The maximum Gasteiger partial charge on any atom is 0.166 e. The second-order valence-electron chi connectivity index (χ2n) is 3.76. The second kappa shape index (κ2) is 4.51. The molecule has 1 aliphatic heterocycles. The number of nitrogens with one attached hydrogen (secondary N) is 2. The van der Waals surface area contributed by atoms with Crippen molar-refractivity contribution in [2.75, 3.05) is 12.3 Å². The molecule has 1 heterocycles. The summed E-state index contributed by atoms with van der Waals surface area (Å²) in [6, 6.07) is 0.677. The summed E-state index contributed by atoms with van der Waals surface area (Å²) in [5.74, 6) is 1.33. The lowest BCUT2D eigenvalue weighted by Gasteiger charge is -2.12. The predicted octanol–water partition coefficient (Wildman–Crippen LogP) is 1.51. The molecule has 74 valence electrons. The van der Waals surface area contributed by atoms with Crippen LogP contribution in [0.25, 0.3) is 0 Å². The molecule has 13 heavy (non-hydrogen) atoms. The summed E-state index contributed by atoms with van der Waals surface area (Å²) in [5.41, 5.74) is 0. The monoisotopic (exact) mass is 216 g/mol. The van der Waals surface area contributed by atoms with Crippen LogP contribution in [0.3, 0.4) is 0 Å². The second-order valence-corrected chi connectivity index (χ2v) is 5.58. The first kappa shape index (κ1) is 9.59. The maximum absolute atomic E-state index is 5.17. The van der Waals surface area contributed by atoms with Crippen molar-refractivity contribution in [3.8, 4) is 0 Å². The molecular weight excluding hydrogens is 200 g/mol. The molecule has 0 aromatic carbocycles. The fraction of sp³-hybridized carbons (Fsp3) is 0.889. The van der Waals surface area contributed by atoms with Gasteiger partial charge in [-0.05, 0) is 43.7 Å². The van der Waals surface area contributed by atoms with Crippen LogP contribution in [0.15, 0.2) is 0 Å². The standard InChI is InChI=1S/C9H16N2S2/c12-9(11-7-3-4-7)10-6-8-2-1-5-13-8/h7-8H,1-6H2,(H2,10,11,12). The summed E-state index contributed by atoms with van der Waals surface area (Å²) in [6.07, 6.45) is 5.31. The molecule has 0 aromatic heterocycles. The van der Waals surface area contributed by atoms with E-state index in [0.29, 0.717) is 6.04 Å². The Morgan fingerprint density at radius 3 is 2.85 bits per heavy atom. The number of hydrogen-bond donors (Lipinski definition) is 2. The molecule has 1 saturated heterocycles. The van der Waals surface area contributed by atoms with E-state index < -0.39 is 0 Å². The topological polar surface area (TPSA) is 24.1 Å². The van der Waals surface area contributed by atoms with Crippen LogP contribution in [0.2, 0.25) is 0 Å². The van der Waals surface area contributed by atoms with Gasteiger partial charge >= 0.3 is 0 Å². The molecule has 1 atom stereocenters. The number of thiocarbonyl (C=S) groups is 1. The largest absolute Gasteiger partial charge is 0.362 e. The molecule has 4 heteroatoms. The fourth-order valence-corrected chi connectivity index (χ4v) is 2.93. The van der Waals surface area contributed by atoms with Gasteiger partial charge in [-0.2, -0.15) is 11.8 Å². The van der Waals surface area contributed by atoms with E-state index in [9.17, 15) is 0 Å². The SMILES string of the molecule is S=C(NCC1CCCS1)NC1CC1. The molecule has 1 unspecified atom stereocenters. The van der Waals surface area contributed by atoms with Gasteiger partial charge in [-0.3, -0.25) is 0 Å². The quantitative estimate of drug-likeness (QED) is 0.698. The Labute approximate surface area is 89.2 Å². The van der Waals surface area contributed by atoms with Crippen molar-refractivity contribution < 1.29 is 0 Å². The van der Waals surface area contributed by atoms with Gasteiger partial charge in [0.15, 0.2) is 5.11 Å². The summed E-state index contributed by atoms with van der Waals surface area (Å²) >= 11 is 7.24. The minimum Gasteiger partial charge on any atom is -0.362 e.